The summed E-state index contributed by atoms with van der Waals surface area (Å²) in [6.07, 6.45) is 2.70. The second-order valence-corrected chi connectivity index (χ2v) is 11.4. The SMILES string of the molecule is CN(C)C.[B]C(O)(C/C=C/C(=O)N(C)C)C(OC=O)C(=O)Nc1cccn(Cc2cc3cccc(CC(C)C)c3[nH]2)c1=O. The van der Waals surface area contributed by atoms with Gasteiger partial charge >= 0.3 is 0 Å². The Balaban J connectivity index is 0.00000151. The number of anilines is 1. The molecular weight excluding hydrogens is 549 g/mol. The van der Waals surface area contributed by atoms with Crippen molar-refractivity contribution in [3.8, 4) is 0 Å². The van der Waals surface area contributed by atoms with Crippen LogP contribution in [0.15, 0.2) is 59.5 Å². The number of hydrogen-bond donors (Lipinski definition) is 3. The summed E-state index contributed by atoms with van der Waals surface area (Å²) >= 11 is 0. The lowest BCUT2D eigenvalue weighted by Gasteiger charge is -2.30. The highest BCUT2D eigenvalue weighted by atomic mass is 16.5. The molecule has 2 heterocycles. The molecule has 3 aromatic rings. The molecule has 0 aliphatic heterocycles. The Hall–Kier alpha value is -4.16. The number of para-hydroxylation sites is 1. The highest BCUT2D eigenvalue weighted by Crippen LogP contribution is 2.23. The molecule has 0 saturated heterocycles. The predicted octanol–water partition coefficient (Wildman–Crippen LogP) is 2.13. The minimum Gasteiger partial charge on any atom is -0.452 e. The fraction of sp³-hybridized carbons (Fsp3) is 0.419. The average molecular weight is 592 g/mol. The molecule has 2 aromatic heterocycles. The van der Waals surface area contributed by atoms with Gasteiger partial charge in [-0.05, 0) is 75.1 Å². The number of rotatable bonds is 12. The summed E-state index contributed by atoms with van der Waals surface area (Å²) in [6.45, 7) is 4.50. The zero-order valence-corrected chi connectivity index (χ0v) is 26.0. The fourth-order valence-corrected chi connectivity index (χ4v) is 4.18. The van der Waals surface area contributed by atoms with Crippen LogP contribution in [0.1, 0.15) is 31.5 Å². The van der Waals surface area contributed by atoms with Gasteiger partial charge in [0.25, 0.3) is 17.9 Å². The number of H-pyrrole nitrogens is 1. The van der Waals surface area contributed by atoms with Crippen molar-refractivity contribution in [2.75, 3.05) is 40.6 Å². The molecule has 0 aliphatic rings. The van der Waals surface area contributed by atoms with Gasteiger partial charge in [-0.15, -0.1) is 0 Å². The van der Waals surface area contributed by atoms with E-state index < -0.39 is 23.1 Å². The van der Waals surface area contributed by atoms with Crippen molar-refractivity contribution in [1.82, 2.24) is 19.4 Å². The maximum atomic E-state index is 13.2. The highest BCUT2D eigenvalue weighted by molar-refractivity contribution is 6.18. The first-order chi connectivity index (χ1) is 20.2. The van der Waals surface area contributed by atoms with Crippen LogP contribution in [-0.2, 0) is 32.1 Å². The first kappa shape index (κ1) is 35.0. The number of aromatic nitrogens is 2. The normalized spacial score (nSPS) is 13.3. The molecule has 2 radical (unpaired) electrons. The summed E-state index contributed by atoms with van der Waals surface area (Å²) in [4.78, 5) is 55.6. The standard InChI is InChI=1S/C28H33BN4O6.C3H9N/c1-18(2)14-19-8-5-9-20-15-21(30-24(19)20)16-33-13-7-10-22(27(33)37)31-26(36)25(39-17-34)28(29,38)12-6-11-23(35)32(3)4;1-4(2)3/h5-11,13,15,17-18,25,30,38H,12,14,16H2,1-4H3,(H,31,36);1-3H3/b11-6+;. The van der Waals surface area contributed by atoms with Crippen LogP contribution >= 0.6 is 0 Å². The zero-order chi connectivity index (χ0) is 32.3. The smallest absolute Gasteiger partial charge is 0.293 e. The maximum absolute atomic E-state index is 13.2. The third kappa shape index (κ3) is 10.6. The molecule has 43 heavy (non-hydrogen) atoms. The van der Waals surface area contributed by atoms with Crippen molar-refractivity contribution in [2.24, 2.45) is 5.92 Å². The lowest BCUT2D eigenvalue weighted by molar-refractivity contribution is -0.152. The highest BCUT2D eigenvalue weighted by Gasteiger charge is 2.38. The van der Waals surface area contributed by atoms with Crippen LogP contribution in [0.3, 0.4) is 0 Å². The second kappa shape index (κ2) is 15.9. The molecule has 3 rings (SSSR count). The van der Waals surface area contributed by atoms with E-state index in [1.807, 2.05) is 44.2 Å². The molecular formula is C31H42BN5O6. The predicted molar refractivity (Wildman–Crippen MR) is 169 cm³/mol. The van der Waals surface area contributed by atoms with Crippen LogP contribution in [0.2, 0.25) is 0 Å². The van der Waals surface area contributed by atoms with Crippen LogP contribution in [0.4, 0.5) is 5.69 Å². The molecule has 0 aliphatic carbocycles. The number of carbonyl (C=O) groups excluding carboxylic acids is 3. The monoisotopic (exact) mass is 591 g/mol. The number of benzene rings is 1. The molecule has 0 spiro atoms. The van der Waals surface area contributed by atoms with Crippen molar-refractivity contribution in [1.29, 1.82) is 0 Å². The van der Waals surface area contributed by atoms with E-state index in [9.17, 15) is 24.3 Å². The minimum atomic E-state index is -2.35. The van der Waals surface area contributed by atoms with Crippen molar-refractivity contribution < 1.29 is 24.2 Å². The lowest BCUT2D eigenvalue weighted by Crippen LogP contribution is -2.51. The van der Waals surface area contributed by atoms with E-state index in [4.69, 9.17) is 12.6 Å². The Morgan fingerprint density at radius 3 is 2.44 bits per heavy atom. The number of hydrogen-bond acceptors (Lipinski definition) is 7. The van der Waals surface area contributed by atoms with Gasteiger partial charge in [0.05, 0.1) is 12.0 Å². The summed E-state index contributed by atoms with van der Waals surface area (Å²) in [6, 6.07) is 11.1. The first-order valence-corrected chi connectivity index (χ1v) is 13.8. The molecule has 11 nitrogen and oxygen atoms in total. The molecule has 0 fully saturated rings. The van der Waals surface area contributed by atoms with Gasteiger partial charge in [-0.3, -0.25) is 19.2 Å². The van der Waals surface area contributed by atoms with E-state index in [0.717, 1.165) is 23.0 Å². The summed E-state index contributed by atoms with van der Waals surface area (Å²) < 4.78 is 6.19. The van der Waals surface area contributed by atoms with Crippen molar-refractivity contribution in [3.63, 3.8) is 0 Å². The Morgan fingerprint density at radius 1 is 1.16 bits per heavy atom. The number of fused-ring (bicyclic) bond motifs is 1. The second-order valence-electron chi connectivity index (χ2n) is 11.4. The summed E-state index contributed by atoms with van der Waals surface area (Å²) in [7, 11) is 14.9. The van der Waals surface area contributed by atoms with Gasteiger partial charge in [-0.1, -0.05) is 38.1 Å². The van der Waals surface area contributed by atoms with Crippen molar-refractivity contribution in [3.05, 3.63) is 76.4 Å². The lowest BCUT2D eigenvalue weighted by atomic mass is 9.73. The first-order valence-electron chi connectivity index (χ1n) is 13.8. The zero-order valence-electron chi connectivity index (χ0n) is 26.0. The van der Waals surface area contributed by atoms with Gasteiger partial charge in [0.15, 0.2) is 6.10 Å². The molecule has 230 valence electrons. The number of ether oxygens (including phenoxy) is 1. The van der Waals surface area contributed by atoms with Gasteiger partial charge in [0, 0.05) is 31.5 Å². The minimum absolute atomic E-state index is 0.0243. The van der Waals surface area contributed by atoms with E-state index in [2.05, 4.69) is 30.2 Å². The van der Waals surface area contributed by atoms with E-state index in [1.54, 1.807) is 26.4 Å². The molecule has 2 amide bonds. The third-order valence-electron chi connectivity index (χ3n) is 6.07. The fourth-order valence-electron chi connectivity index (χ4n) is 4.18. The van der Waals surface area contributed by atoms with E-state index in [1.165, 1.54) is 33.2 Å². The summed E-state index contributed by atoms with van der Waals surface area (Å²) in [5.74, 6) is -0.878. The van der Waals surface area contributed by atoms with Crippen molar-refractivity contribution >= 4 is 42.7 Å². The Morgan fingerprint density at radius 2 is 1.84 bits per heavy atom. The molecule has 3 N–H and O–H groups in total. The molecule has 0 saturated carbocycles. The van der Waals surface area contributed by atoms with Crippen molar-refractivity contribution in [2.45, 2.75) is 44.8 Å². The van der Waals surface area contributed by atoms with E-state index in [-0.39, 0.29) is 31.0 Å². The van der Waals surface area contributed by atoms with Crippen LogP contribution in [0.5, 0.6) is 0 Å². The largest absolute Gasteiger partial charge is 0.452 e. The molecule has 2 unspecified atom stereocenters. The quantitative estimate of drug-likeness (QED) is 0.167. The summed E-state index contributed by atoms with van der Waals surface area (Å²) in [5, 5.41) is 14.1. The number of nitrogens with zero attached hydrogens (tertiary/aromatic N) is 3. The van der Waals surface area contributed by atoms with Crippen LogP contribution in [-0.4, -0.2) is 97.4 Å². The third-order valence-corrected chi connectivity index (χ3v) is 6.07. The van der Waals surface area contributed by atoms with E-state index >= 15 is 0 Å². The Bertz CT molecular complexity index is 1470. The van der Waals surface area contributed by atoms with Crippen LogP contribution in [0, 0.1) is 5.92 Å². The van der Waals surface area contributed by atoms with Gasteiger partial charge in [0.2, 0.25) is 5.91 Å². The Labute approximate surface area is 253 Å². The van der Waals surface area contributed by atoms with Gasteiger partial charge < -0.3 is 34.5 Å². The van der Waals surface area contributed by atoms with Crippen LogP contribution < -0.4 is 10.9 Å². The van der Waals surface area contributed by atoms with Crippen LogP contribution in [0.25, 0.3) is 10.9 Å². The maximum Gasteiger partial charge on any atom is 0.293 e. The molecule has 1 aromatic carbocycles. The number of aromatic amines is 1. The van der Waals surface area contributed by atoms with E-state index in [0.29, 0.717) is 5.92 Å². The molecule has 12 heteroatoms. The number of amides is 2. The number of likely N-dealkylation sites (N-methyl/N-ethyl adjacent to an activating group) is 1. The Kier molecular flexibility index (Phi) is 13.0. The summed E-state index contributed by atoms with van der Waals surface area (Å²) in [5.41, 5.74) is 0.0838. The number of nitrogens with one attached hydrogen (secondary N) is 2. The number of aliphatic hydroxyl groups is 1. The molecule has 0 bridgehead atoms. The molecule has 2 atom stereocenters. The average Bonchev–Trinajstić information content (AvgIpc) is 3.32. The number of pyridine rings is 1. The van der Waals surface area contributed by atoms with Gasteiger partial charge in [-0.25, -0.2) is 0 Å². The van der Waals surface area contributed by atoms with Gasteiger partial charge in [0.1, 0.15) is 13.5 Å². The van der Waals surface area contributed by atoms with Gasteiger partial charge in [-0.2, -0.15) is 0 Å². The topological polar surface area (TPSA) is 137 Å². The number of carbonyl (C=O) groups is 3.